The normalized spacial score (nSPS) is 18.4. The predicted molar refractivity (Wildman–Crippen MR) is 99.0 cm³/mol. The molecule has 2 amide bonds. The second-order valence-corrected chi connectivity index (χ2v) is 6.85. The van der Waals surface area contributed by atoms with E-state index in [0.717, 1.165) is 45.8 Å². The molecule has 1 aromatic rings. The molecule has 0 unspecified atom stereocenters. The first kappa shape index (κ1) is 19.6. The van der Waals surface area contributed by atoms with Gasteiger partial charge in [-0.2, -0.15) is 0 Å². The van der Waals surface area contributed by atoms with Crippen molar-refractivity contribution in [2.75, 3.05) is 65.5 Å². The van der Waals surface area contributed by atoms with Gasteiger partial charge < -0.3 is 19.9 Å². The first-order valence-electron chi connectivity index (χ1n) is 9.49. The van der Waals surface area contributed by atoms with E-state index in [9.17, 15) is 14.0 Å². The van der Waals surface area contributed by atoms with E-state index < -0.39 is 0 Å². The Labute approximate surface area is 159 Å². The van der Waals surface area contributed by atoms with Crippen molar-refractivity contribution in [3.8, 4) is 5.75 Å². The van der Waals surface area contributed by atoms with Crippen LogP contribution in [0.4, 0.5) is 4.39 Å². The summed E-state index contributed by atoms with van der Waals surface area (Å²) in [6.45, 7) is 6.78. The number of hydrogen-bond donors (Lipinski definition) is 1. The van der Waals surface area contributed by atoms with Gasteiger partial charge in [-0.25, -0.2) is 4.39 Å². The second-order valence-electron chi connectivity index (χ2n) is 6.85. The van der Waals surface area contributed by atoms with Gasteiger partial charge in [-0.1, -0.05) is 0 Å². The average molecular weight is 378 g/mol. The molecule has 2 fully saturated rings. The molecule has 0 atom stereocenters. The van der Waals surface area contributed by atoms with Gasteiger partial charge >= 0.3 is 0 Å². The van der Waals surface area contributed by atoms with E-state index in [0.29, 0.717) is 25.3 Å². The van der Waals surface area contributed by atoms with Gasteiger partial charge in [-0.15, -0.1) is 0 Å². The lowest BCUT2D eigenvalue weighted by Gasteiger charge is -2.35. The van der Waals surface area contributed by atoms with E-state index >= 15 is 0 Å². The summed E-state index contributed by atoms with van der Waals surface area (Å²) in [5.74, 6) is 0.286. The van der Waals surface area contributed by atoms with Gasteiger partial charge in [0.2, 0.25) is 5.91 Å². The fourth-order valence-corrected chi connectivity index (χ4v) is 3.31. The van der Waals surface area contributed by atoms with Crippen molar-refractivity contribution in [1.29, 1.82) is 0 Å². The zero-order valence-electron chi connectivity index (χ0n) is 15.5. The van der Waals surface area contributed by atoms with Gasteiger partial charge in [-0.3, -0.25) is 14.5 Å². The Morgan fingerprint density at radius 2 is 1.56 bits per heavy atom. The van der Waals surface area contributed by atoms with Gasteiger partial charge in [0.25, 0.3) is 5.91 Å². The number of piperazine rings is 2. The van der Waals surface area contributed by atoms with Crippen LogP contribution in [0.1, 0.15) is 6.42 Å². The first-order chi connectivity index (χ1) is 13.1. The summed E-state index contributed by atoms with van der Waals surface area (Å²) in [5.41, 5.74) is 0. The van der Waals surface area contributed by atoms with Gasteiger partial charge in [0, 0.05) is 65.3 Å². The van der Waals surface area contributed by atoms with E-state index in [2.05, 4.69) is 10.2 Å². The third kappa shape index (κ3) is 5.90. The predicted octanol–water partition coefficient (Wildman–Crippen LogP) is 0.171. The molecule has 2 heterocycles. The van der Waals surface area contributed by atoms with Crippen LogP contribution < -0.4 is 10.1 Å². The molecular weight excluding hydrogens is 351 g/mol. The minimum absolute atomic E-state index is 0.0485. The molecule has 1 aromatic carbocycles. The smallest absolute Gasteiger partial charge is 0.260 e. The van der Waals surface area contributed by atoms with E-state index in [-0.39, 0.29) is 24.2 Å². The minimum atomic E-state index is -0.333. The molecule has 27 heavy (non-hydrogen) atoms. The van der Waals surface area contributed by atoms with E-state index in [1.165, 1.54) is 24.3 Å². The summed E-state index contributed by atoms with van der Waals surface area (Å²) in [7, 11) is 0. The van der Waals surface area contributed by atoms with E-state index in [1.807, 2.05) is 4.90 Å². The molecule has 0 spiro atoms. The maximum atomic E-state index is 12.9. The molecule has 2 saturated heterocycles. The van der Waals surface area contributed by atoms with Crippen LogP contribution in [-0.4, -0.2) is 92.0 Å². The van der Waals surface area contributed by atoms with E-state index in [4.69, 9.17) is 4.74 Å². The van der Waals surface area contributed by atoms with Crippen molar-refractivity contribution in [1.82, 2.24) is 20.0 Å². The van der Waals surface area contributed by atoms with Crippen LogP contribution in [0.5, 0.6) is 5.75 Å². The molecule has 8 heteroatoms. The molecule has 3 rings (SSSR count). The Bertz CT molecular complexity index is 626. The standard InChI is InChI=1S/C19H27FN4O3/c20-16-1-3-17(4-2-16)27-15-19(26)24-13-11-22(12-14-24)8-5-18(25)23-9-6-21-7-10-23/h1-4,21H,5-15H2. The van der Waals surface area contributed by atoms with Gasteiger partial charge in [-0.05, 0) is 24.3 Å². The fourth-order valence-electron chi connectivity index (χ4n) is 3.31. The van der Waals surface area contributed by atoms with Gasteiger partial charge in [0.05, 0.1) is 0 Å². The lowest BCUT2D eigenvalue weighted by molar-refractivity contribution is -0.136. The van der Waals surface area contributed by atoms with Gasteiger partial charge in [0.1, 0.15) is 11.6 Å². The molecule has 0 aliphatic carbocycles. The summed E-state index contributed by atoms with van der Waals surface area (Å²) in [6.07, 6.45) is 0.529. The largest absolute Gasteiger partial charge is 0.484 e. The van der Waals surface area contributed by atoms with Crippen molar-refractivity contribution < 1.29 is 18.7 Å². The molecule has 7 nitrogen and oxygen atoms in total. The van der Waals surface area contributed by atoms with Crippen LogP contribution in [0.2, 0.25) is 0 Å². The fraction of sp³-hybridized carbons (Fsp3) is 0.579. The SMILES string of the molecule is O=C(CCN1CCN(C(=O)COc2ccc(F)cc2)CC1)N1CCNCC1. The zero-order valence-corrected chi connectivity index (χ0v) is 15.5. The number of amides is 2. The lowest BCUT2D eigenvalue weighted by Crippen LogP contribution is -2.51. The molecule has 0 bridgehead atoms. The number of nitrogens with one attached hydrogen (secondary N) is 1. The third-order valence-electron chi connectivity index (χ3n) is 5.01. The average Bonchev–Trinajstić information content (AvgIpc) is 2.72. The summed E-state index contributed by atoms with van der Waals surface area (Å²) < 4.78 is 18.3. The summed E-state index contributed by atoms with van der Waals surface area (Å²) in [6, 6.07) is 5.63. The maximum Gasteiger partial charge on any atom is 0.260 e. The number of rotatable bonds is 6. The highest BCUT2D eigenvalue weighted by molar-refractivity contribution is 5.78. The number of carbonyl (C=O) groups is 2. The van der Waals surface area contributed by atoms with Gasteiger partial charge in [0.15, 0.2) is 6.61 Å². The molecule has 2 aliphatic heterocycles. The third-order valence-corrected chi connectivity index (χ3v) is 5.01. The molecule has 2 aliphatic rings. The van der Waals surface area contributed by atoms with Crippen LogP contribution in [-0.2, 0) is 9.59 Å². The Morgan fingerprint density at radius 1 is 0.926 bits per heavy atom. The Morgan fingerprint density at radius 3 is 2.22 bits per heavy atom. The number of halogens is 1. The Balaban J connectivity index is 1.33. The van der Waals surface area contributed by atoms with Crippen LogP contribution in [0.15, 0.2) is 24.3 Å². The minimum Gasteiger partial charge on any atom is -0.484 e. The lowest BCUT2D eigenvalue weighted by atomic mass is 10.2. The van der Waals surface area contributed by atoms with Crippen LogP contribution in [0, 0.1) is 5.82 Å². The molecule has 0 saturated carbocycles. The number of carbonyl (C=O) groups excluding carboxylic acids is 2. The highest BCUT2D eigenvalue weighted by atomic mass is 19.1. The number of ether oxygens (including phenoxy) is 1. The van der Waals surface area contributed by atoms with Crippen molar-refractivity contribution in [2.24, 2.45) is 0 Å². The monoisotopic (exact) mass is 378 g/mol. The Hall–Kier alpha value is -2.19. The number of hydrogen-bond acceptors (Lipinski definition) is 5. The molecule has 148 valence electrons. The molecule has 1 N–H and O–H groups in total. The molecule has 0 radical (unpaired) electrons. The van der Waals surface area contributed by atoms with Crippen molar-refractivity contribution in [2.45, 2.75) is 6.42 Å². The summed E-state index contributed by atoms with van der Waals surface area (Å²) in [5, 5.41) is 3.25. The highest BCUT2D eigenvalue weighted by Gasteiger charge is 2.23. The summed E-state index contributed by atoms with van der Waals surface area (Å²) in [4.78, 5) is 30.4. The highest BCUT2D eigenvalue weighted by Crippen LogP contribution is 2.12. The topological polar surface area (TPSA) is 65.1 Å². The van der Waals surface area contributed by atoms with Crippen molar-refractivity contribution in [3.05, 3.63) is 30.1 Å². The first-order valence-corrected chi connectivity index (χ1v) is 9.49. The molecular formula is C19H27FN4O3. The molecule has 0 aromatic heterocycles. The van der Waals surface area contributed by atoms with Crippen LogP contribution >= 0.6 is 0 Å². The maximum absolute atomic E-state index is 12.9. The van der Waals surface area contributed by atoms with Crippen LogP contribution in [0.3, 0.4) is 0 Å². The van der Waals surface area contributed by atoms with Crippen LogP contribution in [0.25, 0.3) is 0 Å². The Kier molecular flexibility index (Phi) is 7.00. The van der Waals surface area contributed by atoms with E-state index in [1.54, 1.807) is 4.90 Å². The van der Waals surface area contributed by atoms with Crippen molar-refractivity contribution >= 4 is 11.8 Å². The number of benzene rings is 1. The zero-order chi connectivity index (χ0) is 19.1. The second kappa shape index (κ2) is 9.66. The summed E-state index contributed by atoms with van der Waals surface area (Å²) >= 11 is 0. The quantitative estimate of drug-likeness (QED) is 0.765. The van der Waals surface area contributed by atoms with Crippen molar-refractivity contribution in [3.63, 3.8) is 0 Å². The number of nitrogens with zero attached hydrogens (tertiary/aromatic N) is 3.